The molecule has 0 fully saturated rings. The summed E-state index contributed by atoms with van der Waals surface area (Å²) >= 11 is 2.69. The van der Waals surface area contributed by atoms with Crippen molar-refractivity contribution in [1.82, 2.24) is 25.0 Å². The zero-order chi connectivity index (χ0) is 20.8. The van der Waals surface area contributed by atoms with Gasteiger partial charge in [0.15, 0.2) is 5.16 Å². The van der Waals surface area contributed by atoms with Crippen LogP contribution in [0.1, 0.15) is 23.3 Å². The fourth-order valence-corrected chi connectivity index (χ4v) is 4.01. The number of aryl methyl sites for hydroxylation is 1. The minimum atomic E-state index is -0.374. The van der Waals surface area contributed by atoms with Crippen LogP contribution in [0.3, 0.4) is 0 Å². The second-order valence-electron chi connectivity index (χ2n) is 6.20. The highest BCUT2D eigenvalue weighted by Gasteiger charge is 2.21. The highest BCUT2D eigenvalue weighted by Crippen LogP contribution is 2.25. The van der Waals surface area contributed by atoms with E-state index >= 15 is 0 Å². The van der Waals surface area contributed by atoms with E-state index in [1.165, 1.54) is 23.1 Å². The van der Waals surface area contributed by atoms with Gasteiger partial charge in [0.1, 0.15) is 16.6 Å². The molecular formula is C19H22N6O2S2. The summed E-state index contributed by atoms with van der Waals surface area (Å²) in [4.78, 5) is 12.5. The van der Waals surface area contributed by atoms with Gasteiger partial charge in [-0.15, -0.1) is 27.0 Å². The summed E-state index contributed by atoms with van der Waals surface area (Å²) in [5, 5.41) is 20.8. The number of hydrogen-bond donors (Lipinski definition) is 1. The summed E-state index contributed by atoms with van der Waals surface area (Å²) in [6.07, 6.45) is 2.41. The van der Waals surface area contributed by atoms with Gasteiger partial charge in [-0.1, -0.05) is 41.3 Å². The number of carbonyl (C=O) groups excluding carboxylic acids is 1. The number of thioether (sulfide) groups is 1. The lowest BCUT2D eigenvalue weighted by atomic mass is 10.1. The second kappa shape index (κ2) is 9.66. The molecule has 10 heteroatoms. The average molecular weight is 431 g/mol. The molecule has 152 valence electrons. The Bertz CT molecular complexity index is 983. The molecule has 0 aliphatic heterocycles. The van der Waals surface area contributed by atoms with Gasteiger partial charge in [-0.25, -0.2) is 0 Å². The normalized spacial score (nSPS) is 11.8. The zero-order valence-corrected chi connectivity index (χ0v) is 18.1. The Morgan fingerprint density at radius 2 is 2.07 bits per heavy atom. The highest BCUT2D eigenvalue weighted by molar-refractivity contribution is 8.00. The summed E-state index contributed by atoms with van der Waals surface area (Å²) in [5.74, 6) is 1.46. The largest absolute Gasteiger partial charge is 0.497 e. The smallest absolute Gasteiger partial charge is 0.239 e. The van der Waals surface area contributed by atoms with Crippen LogP contribution in [0.5, 0.6) is 5.75 Å². The predicted molar refractivity (Wildman–Crippen MR) is 115 cm³/mol. The first-order valence-corrected chi connectivity index (χ1v) is 10.6. The monoisotopic (exact) mass is 430 g/mol. The number of methoxy groups -OCH3 is 1. The lowest BCUT2D eigenvalue weighted by molar-refractivity contribution is -0.115. The average Bonchev–Trinajstić information content (AvgIpc) is 3.29. The van der Waals surface area contributed by atoms with Crippen LogP contribution in [0, 0.1) is 6.92 Å². The maximum Gasteiger partial charge on any atom is 0.239 e. The molecular weight excluding hydrogens is 408 g/mol. The Morgan fingerprint density at radius 3 is 2.69 bits per heavy atom. The number of hydrogen-bond acceptors (Lipinski definition) is 8. The molecule has 8 nitrogen and oxygen atoms in total. The molecule has 0 saturated heterocycles. The van der Waals surface area contributed by atoms with Gasteiger partial charge in [-0.3, -0.25) is 10.1 Å². The molecule has 3 rings (SSSR count). The van der Waals surface area contributed by atoms with Crippen LogP contribution in [-0.4, -0.2) is 43.2 Å². The van der Waals surface area contributed by atoms with Crippen LogP contribution >= 0.6 is 23.1 Å². The van der Waals surface area contributed by atoms with Gasteiger partial charge in [-0.05, 0) is 31.5 Å². The molecule has 0 saturated carbocycles. The molecule has 0 bridgehead atoms. The van der Waals surface area contributed by atoms with Crippen molar-refractivity contribution in [3.8, 4) is 5.75 Å². The molecule has 0 aliphatic rings. The molecule has 0 radical (unpaired) electrons. The first-order valence-electron chi connectivity index (χ1n) is 8.93. The van der Waals surface area contributed by atoms with Crippen molar-refractivity contribution in [2.24, 2.45) is 0 Å². The summed E-state index contributed by atoms with van der Waals surface area (Å²) in [5.41, 5.74) is 1.09. The topological polar surface area (TPSA) is 94.8 Å². The lowest BCUT2D eigenvalue weighted by Crippen LogP contribution is -2.23. The quantitative estimate of drug-likeness (QED) is 0.411. The fraction of sp³-hybridized carbons (Fsp3) is 0.316. The Kier molecular flexibility index (Phi) is 6.99. The first-order chi connectivity index (χ1) is 14.0. The van der Waals surface area contributed by atoms with E-state index in [4.69, 9.17) is 4.74 Å². The number of nitrogens with zero attached hydrogens (tertiary/aromatic N) is 5. The van der Waals surface area contributed by atoms with Crippen molar-refractivity contribution < 1.29 is 9.53 Å². The summed E-state index contributed by atoms with van der Waals surface area (Å²) in [7, 11) is 1.64. The van der Waals surface area contributed by atoms with Gasteiger partial charge in [-0.2, -0.15) is 0 Å². The third kappa shape index (κ3) is 5.42. The molecule has 0 aliphatic carbocycles. The van der Waals surface area contributed by atoms with Crippen molar-refractivity contribution in [1.29, 1.82) is 0 Å². The molecule has 0 spiro atoms. The van der Waals surface area contributed by atoms with Crippen LogP contribution in [0.25, 0.3) is 0 Å². The van der Waals surface area contributed by atoms with Crippen LogP contribution < -0.4 is 10.1 Å². The number of carbonyl (C=O) groups is 1. The predicted octanol–water partition coefficient (Wildman–Crippen LogP) is 3.34. The number of benzene rings is 1. The molecule has 1 amide bonds. The van der Waals surface area contributed by atoms with Crippen LogP contribution in [0.15, 0.2) is 42.1 Å². The lowest BCUT2D eigenvalue weighted by Gasteiger charge is -2.12. The van der Waals surface area contributed by atoms with Crippen molar-refractivity contribution >= 4 is 34.1 Å². The van der Waals surface area contributed by atoms with E-state index in [0.29, 0.717) is 23.3 Å². The first kappa shape index (κ1) is 21.0. The number of aromatic nitrogens is 5. The molecule has 2 heterocycles. The number of nitrogens with one attached hydrogen (secondary N) is 1. The minimum Gasteiger partial charge on any atom is -0.497 e. The van der Waals surface area contributed by atoms with E-state index in [0.717, 1.165) is 22.1 Å². The third-order valence-electron chi connectivity index (χ3n) is 4.03. The van der Waals surface area contributed by atoms with Crippen LogP contribution in [0.2, 0.25) is 0 Å². The zero-order valence-electron chi connectivity index (χ0n) is 16.5. The summed E-state index contributed by atoms with van der Waals surface area (Å²) < 4.78 is 7.17. The number of ether oxygens (including phenoxy) is 1. The maximum atomic E-state index is 12.5. The van der Waals surface area contributed by atoms with E-state index in [-0.39, 0.29) is 11.2 Å². The van der Waals surface area contributed by atoms with Gasteiger partial charge < -0.3 is 9.30 Å². The highest BCUT2D eigenvalue weighted by atomic mass is 32.2. The Hall–Kier alpha value is -2.72. The van der Waals surface area contributed by atoms with E-state index in [2.05, 4.69) is 32.3 Å². The van der Waals surface area contributed by atoms with Crippen LogP contribution in [-0.2, 0) is 17.8 Å². The van der Waals surface area contributed by atoms with E-state index in [1.54, 1.807) is 13.2 Å². The Morgan fingerprint density at radius 1 is 1.31 bits per heavy atom. The maximum absolute atomic E-state index is 12.5. The Balaban J connectivity index is 1.71. The van der Waals surface area contributed by atoms with Crippen LogP contribution in [0.4, 0.5) is 5.13 Å². The van der Waals surface area contributed by atoms with Gasteiger partial charge in [0, 0.05) is 13.0 Å². The number of anilines is 1. The van der Waals surface area contributed by atoms with Crippen molar-refractivity contribution in [3.05, 3.63) is 53.3 Å². The van der Waals surface area contributed by atoms with Crippen molar-refractivity contribution in [2.45, 2.75) is 37.2 Å². The third-order valence-corrected chi connectivity index (χ3v) is 5.87. The fourth-order valence-electron chi connectivity index (χ4n) is 2.54. The van der Waals surface area contributed by atoms with Crippen molar-refractivity contribution in [3.63, 3.8) is 0 Å². The molecule has 2 aromatic heterocycles. The number of amides is 1. The standard InChI is InChI=1S/C19H22N6O2S2/c1-5-10-25-16(11-14-6-8-15(27-4)9-7-14)22-24-19(25)28-12(2)17(26)20-18-23-21-13(3)29-18/h5-9,12H,1,10-11H2,2-4H3,(H,20,23,26)/t12-/m1/s1. The summed E-state index contributed by atoms with van der Waals surface area (Å²) in [6, 6.07) is 7.83. The van der Waals surface area contributed by atoms with Gasteiger partial charge in [0.25, 0.3) is 0 Å². The molecule has 29 heavy (non-hydrogen) atoms. The molecule has 3 aromatic rings. The Labute approximate surface area is 177 Å². The molecule has 1 N–H and O–H groups in total. The molecule has 1 atom stereocenters. The number of rotatable bonds is 9. The summed E-state index contributed by atoms with van der Waals surface area (Å²) in [6.45, 7) is 8.05. The van der Waals surface area contributed by atoms with E-state index < -0.39 is 0 Å². The van der Waals surface area contributed by atoms with Gasteiger partial charge >= 0.3 is 0 Å². The molecule has 1 aromatic carbocycles. The van der Waals surface area contributed by atoms with E-state index in [1.807, 2.05) is 42.7 Å². The van der Waals surface area contributed by atoms with Gasteiger partial charge in [0.2, 0.25) is 11.0 Å². The van der Waals surface area contributed by atoms with Gasteiger partial charge in [0.05, 0.1) is 12.4 Å². The molecule has 0 unspecified atom stereocenters. The number of allylic oxidation sites excluding steroid dienone is 1. The minimum absolute atomic E-state index is 0.156. The van der Waals surface area contributed by atoms with Crippen molar-refractivity contribution in [2.75, 3.05) is 12.4 Å². The SMILES string of the molecule is C=CCn1c(Cc2ccc(OC)cc2)nnc1S[C@H](C)C(=O)Nc1nnc(C)s1. The van der Waals surface area contributed by atoms with E-state index in [9.17, 15) is 4.79 Å². The second-order valence-corrected chi connectivity index (χ2v) is 8.69.